The molecule has 0 amide bonds. The quantitative estimate of drug-likeness (QED) is 0.839. The van der Waals surface area contributed by atoms with Crippen molar-refractivity contribution in [1.82, 2.24) is 10.2 Å². The molecule has 1 N–H and O–H groups in total. The van der Waals surface area contributed by atoms with Crippen LogP contribution < -0.4 is 5.32 Å². The van der Waals surface area contributed by atoms with Gasteiger partial charge in [-0.1, -0.05) is 20.8 Å². The zero-order valence-electron chi connectivity index (χ0n) is 13.9. The van der Waals surface area contributed by atoms with Crippen LogP contribution in [-0.2, 0) is 17.8 Å². The molecule has 2 heterocycles. The fraction of sp³-hybridized carbons (Fsp3) is 0.765. The summed E-state index contributed by atoms with van der Waals surface area (Å²) < 4.78 is 11.2. The highest BCUT2D eigenvalue weighted by Crippen LogP contribution is 2.22. The smallest absolute Gasteiger partial charge is 0.122 e. The summed E-state index contributed by atoms with van der Waals surface area (Å²) in [6.45, 7) is 11.7. The molecule has 1 fully saturated rings. The van der Waals surface area contributed by atoms with E-state index in [2.05, 4.69) is 37.1 Å². The molecule has 0 spiro atoms. The van der Waals surface area contributed by atoms with Crippen molar-refractivity contribution >= 4 is 0 Å². The Balaban J connectivity index is 1.87. The number of hydrogen-bond donors (Lipinski definition) is 1. The van der Waals surface area contributed by atoms with Crippen LogP contribution in [0.5, 0.6) is 0 Å². The van der Waals surface area contributed by atoms with Crippen LogP contribution in [0.1, 0.15) is 38.5 Å². The first-order valence-electron chi connectivity index (χ1n) is 8.11. The third-order valence-electron chi connectivity index (χ3n) is 4.35. The molecule has 0 radical (unpaired) electrons. The Bertz CT molecular complexity index is 417. The lowest BCUT2D eigenvalue weighted by Gasteiger charge is -2.36. The van der Waals surface area contributed by atoms with E-state index in [4.69, 9.17) is 9.15 Å². The maximum absolute atomic E-state index is 5.64. The number of likely N-dealkylation sites (tertiary alicyclic amines) is 1. The molecule has 0 aliphatic carbocycles. The van der Waals surface area contributed by atoms with Gasteiger partial charge in [0.25, 0.3) is 0 Å². The number of methoxy groups -OCH3 is 1. The van der Waals surface area contributed by atoms with Crippen molar-refractivity contribution in [2.45, 2.75) is 46.4 Å². The molecular formula is C17H30N2O2. The van der Waals surface area contributed by atoms with Crippen molar-refractivity contribution < 1.29 is 9.15 Å². The summed E-state index contributed by atoms with van der Waals surface area (Å²) in [5.41, 5.74) is 1.30. The Labute approximate surface area is 128 Å². The van der Waals surface area contributed by atoms with E-state index in [-0.39, 0.29) is 0 Å². The van der Waals surface area contributed by atoms with Crippen molar-refractivity contribution in [1.29, 1.82) is 0 Å². The van der Waals surface area contributed by atoms with Crippen LogP contribution in [0.25, 0.3) is 0 Å². The van der Waals surface area contributed by atoms with Crippen molar-refractivity contribution in [3.63, 3.8) is 0 Å². The zero-order chi connectivity index (χ0) is 15.2. The fourth-order valence-electron chi connectivity index (χ4n) is 2.93. The number of piperidine rings is 1. The molecule has 1 saturated heterocycles. The summed E-state index contributed by atoms with van der Waals surface area (Å²) in [4.78, 5) is 2.48. The average Bonchev–Trinajstić information content (AvgIpc) is 2.88. The van der Waals surface area contributed by atoms with Gasteiger partial charge in [-0.3, -0.25) is 4.90 Å². The van der Waals surface area contributed by atoms with Gasteiger partial charge in [-0.2, -0.15) is 0 Å². The van der Waals surface area contributed by atoms with E-state index in [0.717, 1.165) is 38.5 Å². The molecule has 0 bridgehead atoms. The van der Waals surface area contributed by atoms with Crippen molar-refractivity contribution in [2.24, 2.45) is 11.8 Å². The van der Waals surface area contributed by atoms with Gasteiger partial charge in [-0.05, 0) is 37.4 Å². The van der Waals surface area contributed by atoms with Crippen LogP contribution >= 0.6 is 0 Å². The fourth-order valence-corrected chi connectivity index (χ4v) is 2.93. The van der Waals surface area contributed by atoms with E-state index in [1.54, 1.807) is 0 Å². The Hall–Kier alpha value is -0.840. The molecule has 2 atom stereocenters. The lowest BCUT2D eigenvalue weighted by Crippen LogP contribution is -2.43. The molecule has 0 aromatic carbocycles. The molecule has 4 heteroatoms. The molecule has 2 rings (SSSR count). The molecule has 2 unspecified atom stereocenters. The summed E-state index contributed by atoms with van der Waals surface area (Å²) in [6.07, 6.45) is 3.37. The Morgan fingerprint density at radius 3 is 3.00 bits per heavy atom. The minimum absolute atomic E-state index is 0.355. The average molecular weight is 294 g/mol. The van der Waals surface area contributed by atoms with Crippen LogP contribution in [0.15, 0.2) is 16.7 Å². The summed E-state index contributed by atoms with van der Waals surface area (Å²) in [5.74, 6) is 2.39. The third-order valence-corrected chi connectivity index (χ3v) is 4.35. The van der Waals surface area contributed by atoms with E-state index in [9.17, 15) is 0 Å². The molecule has 1 aromatic heterocycles. The van der Waals surface area contributed by atoms with Gasteiger partial charge in [0.1, 0.15) is 5.76 Å². The van der Waals surface area contributed by atoms with Gasteiger partial charge in [-0.15, -0.1) is 0 Å². The van der Waals surface area contributed by atoms with Gasteiger partial charge in [0.05, 0.1) is 18.9 Å². The first kappa shape index (κ1) is 16.5. The van der Waals surface area contributed by atoms with E-state index >= 15 is 0 Å². The maximum atomic E-state index is 5.64. The van der Waals surface area contributed by atoms with Crippen molar-refractivity contribution in [3.05, 3.63) is 23.7 Å². The summed E-state index contributed by atoms with van der Waals surface area (Å²) in [6, 6.07) is 2.10. The Morgan fingerprint density at radius 2 is 2.29 bits per heavy atom. The summed E-state index contributed by atoms with van der Waals surface area (Å²) in [5, 5.41) is 3.45. The molecule has 21 heavy (non-hydrogen) atoms. The minimum atomic E-state index is 0.355. The number of nitrogens with one attached hydrogen (secondary N) is 1. The third kappa shape index (κ3) is 4.83. The second kappa shape index (κ2) is 7.97. The highest BCUT2D eigenvalue weighted by Gasteiger charge is 2.26. The van der Waals surface area contributed by atoms with Gasteiger partial charge in [0.15, 0.2) is 0 Å². The van der Waals surface area contributed by atoms with E-state index < -0.39 is 0 Å². The van der Waals surface area contributed by atoms with Gasteiger partial charge >= 0.3 is 0 Å². The van der Waals surface area contributed by atoms with Gasteiger partial charge in [0, 0.05) is 25.8 Å². The Morgan fingerprint density at radius 1 is 1.48 bits per heavy atom. The predicted octanol–water partition coefficient (Wildman–Crippen LogP) is 2.88. The minimum Gasteiger partial charge on any atom is -0.468 e. The van der Waals surface area contributed by atoms with Crippen LogP contribution in [-0.4, -0.2) is 37.7 Å². The predicted molar refractivity (Wildman–Crippen MR) is 85.1 cm³/mol. The number of ether oxygens (including phenoxy) is 1. The van der Waals surface area contributed by atoms with Crippen molar-refractivity contribution in [3.8, 4) is 0 Å². The summed E-state index contributed by atoms with van der Waals surface area (Å²) >= 11 is 0. The maximum Gasteiger partial charge on any atom is 0.122 e. The molecular weight excluding hydrogens is 264 g/mol. The second-order valence-corrected chi connectivity index (χ2v) is 6.67. The number of rotatable bonds is 7. The topological polar surface area (TPSA) is 37.6 Å². The van der Waals surface area contributed by atoms with Gasteiger partial charge in [-0.25, -0.2) is 0 Å². The lowest BCUT2D eigenvalue weighted by molar-refractivity contribution is -0.00759. The van der Waals surface area contributed by atoms with Crippen LogP contribution in [0.4, 0.5) is 0 Å². The summed E-state index contributed by atoms with van der Waals surface area (Å²) in [7, 11) is 1.82. The van der Waals surface area contributed by atoms with Crippen LogP contribution in [0.2, 0.25) is 0 Å². The highest BCUT2D eigenvalue weighted by molar-refractivity contribution is 5.17. The van der Waals surface area contributed by atoms with E-state index in [1.807, 2.05) is 13.4 Å². The number of nitrogens with zero attached hydrogens (tertiary/aromatic N) is 1. The van der Waals surface area contributed by atoms with Crippen LogP contribution in [0, 0.1) is 11.8 Å². The van der Waals surface area contributed by atoms with E-state index in [0.29, 0.717) is 17.9 Å². The molecule has 1 aliphatic rings. The normalized spacial score (nSPS) is 23.9. The standard InChI is InChI=1S/C17H30N2O2/c1-13(2)9-18-10-16-15(6-8-21-16)11-19-7-5-14(3)17(12-19)20-4/h6,8,13-14,17-18H,5,7,9-12H2,1-4H3. The highest BCUT2D eigenvalue weighted by atomic mass is 16.5. The monoisotopic (exact) mass is 294 g/mol. The SMILES string of the molecule is COC1CN(Cc2ccoc2CNCC(C)C)CCC1C. The lowest BCUT2D eigenvalue weighted by atomic mass is 9.95. The number of furan rings is 1. The first-order valence-corrected chi connectivity index (χ1v) is 8.11. The molecule has 1 aliphatic heterocycles. The van der Waals surface area contributed by atoms with Crippen LogP contribution in [0.3, 0.4) is 0 Å². The second-order valence-electron chi connectivity index (χ2n) is 6.67. The number of hydrogen-bond acceptors (Lipinski definition) is 4. The molecule has 120 valence electrons. The van der Waals surface area contributed by atoms with Crippen molar-refractivity contribution in [2.75, 3.05) is 26.7 Å². The zero-order valence-corrected chi connectivity index (χ0v) is 13.9. The Kier molecular flexibility index (Phi) is 6.27. The molecule has 0 saturated carbocycles. The largest absolute Gasteiger partial charge is 0.468 e. The molecule has 1 aromatic rings. The van der Waals surface area contributed by atoms with Gasteiger partial charge < -0.3 is 14.5 Å². The van der Waals surface area contributed by atoms with E-state index in [1.165, 1.54) is 12.0 Å². The molecule has 4 nitrogen and oxygen atoms in total. The van der Waals surface area contributed by atoms with Gasteiger partial charge in [0.2, 0.25) is 0 Å². The first-order chi connectivity index (χ1) is 10.1.